The van der Waals surface area contributed by atoms with Crippen molar-refractivity contribution in [1.29, 1.82) is 0 Å². The van der Waals surface area contributed by atoms with Gasteiger partial charge in [-0.15, -0.1) is 0 Å². The lowest BCUT2D eigenvalue weighted by Crippen LogP contribution is -2.34. The molecule has 1 unspecified atom stereocenters. The second-order valence-electron chi connectivity index (χ2n) is 2.29. The standard InChI is InChI=1S/C5H6O9S/c6-3(7)1-2(15(11,12)13)4(8)14-5(9)10/h2H,1H2,(H,6,7)(H,9,10)(H,11,12,13). The summed E-state index contributed by atoms with van der Waals surface area (Å²) < 4.78 is 32.8. The number of carbonyl (C=O) groups is 3. The molecule has 0 aliphatic rings. The van der Waals surface area contributed by atoms with Crippen LogP contribution in [-0.4, -0.2) is 46.5 Å². The van der Waals surface area contributed by atoms with Gasteiger partial charge in [0.2, 0.25) is 0 Å². The monoisotopic (exact) mass is 242 g/mol. The van der Waals surface area contributed by atoms with Crippen LogP contribution >= 0.6 is 0 Å². The van der Waals surface area contributed by atoms with Crippen molar-refractivity contribution in [2.24, 2.45) is 0 Å². The summed E-state index contributed by atoms with van der Waals surface area (Å²) in [5.41, 5.74) is 0. The molecule has 0 rings (SSSR count). The number of rotatable bonds is 4. The van der Waals surface area contributed by atoms with Gasteiger partial charge in [0.25, 0.3) is 10.1 Å². The summed E-state index contributed by atoms with van der Waals surface area (Å²) in [4.78, 5) is 30.7. The van der Waals surface area contributed by atoms with Gasteiger partial charge in [-0.2, -0.15) is 8.42 Å². The van der Waals surface area contributed by atoms with Crippen LogP contribution in [0.3, 0.4) is 0 Å². The van der Waals surface area contributed by atoms with Gasteiger partial charge in [-0.05, 0) is 0 Å². The predicted molar refractivity (Wildman–Crippen MR) is 41.7 cm³/mol. The maximum absolute atomic E-state index is 10.7. The molecule has 0 saturated heterocycles. The number of carbonyl (C=O) groups excluding carboxylic acids is 1. The Balaban J connectivity index is 4.88. The Morgan fingerprint density at radius 3 is 1.93 bits per heavy atom. The molecule has 15 heavy (non-hydrogen) atoms. The molecule has 1 atom stereocenters. The Hall–Kier alpha value is -1.68. The SMILES string of the molecule is O=C(O)CC(C(=O)OC(=O)O)S(=O)(=O)O. The van der Waals surface area contributed by atoms with E-state index < -0.39 is 39.9 Å². The largest absolute Gasteiger partial charge is 0.513 e. The second-order valence-corrected chi connectivity index (χ2v) is 3.89. The summed E-state index contributed by atoms with van der Waals surface area (Å²) in [6.07, 6.45) is -3.38. The smallest absolute Gasteiger partial charge is 0.481 e. The van der Waals surface area contributed by atoms with Crippen molar-refractivity contribution in [1.82, 2.24) is 0 Å². The average Bonchev–Trinajstić information content (AvgIpc) is 1.95. The van der Waals surface area contributed by atoms with Crippen molar-refractivity contribution in [2.45, 2.75) is 11.7 Å². The Morgan fingerprint density at radius 2 is 1.67 bits per heavy atom. The average molecular weight is 242 g/mol. The lowest BCUT2D eigenvalue weighted by Gasteiger charge is -2.07. The fourth-order valence-electron chi connectivity index (χ4n) is 0.621. The van der Waals surface area contributed by atoms with E-state index in [1.165, 1.54) is 0 Å². The number of hydrogen-bond donors (Lipinski definition) is 3. The molecule has 0 aromatic carbocycles. The lowest BCUT2D eigenvalue weighted by atomic mass is 10.3. The first-order valence-corrected chi connectivity index (χ1v) is 4.77. The van der Waals surface area contributed by atoms with Crippen LogP contribution in [0.1, 0.15) is 6.42 Å². The first-order chi connectivity index (χ1) is 6.64. The van der Waals surface area contributed by atoms with Crippen molar-refractivity contribution >= 4 is 28.2 Å². The zero-order chi connectivity index (χ0) is 12.2. The number of esters is 1. The van der Waals surface area contributed by atoms with Crippen LogP contribution < -0.4 is 0 Å². The predicted octanol–water partition coefficient (Wildman–Crippen LogP) is -1.06. The molecule has 0 aliphatic heterocycles. The van der Waals surface area contributed by atoms with E-state index in [1.807, 2.05) is 0 Å². The number of ether oxygens (including phenoxy) is 1. The summed E-state index contributed by atoms with van der Waals surface area (Å²) >= 11 is 0. The van der Waals surface area contributed by atoms with Crippen molar-refractivity contribution in [3.63, 3.8) is 0 Å². The molecule has 9 nitrogen and oxygen atoms in total. The molecule has 0 amide bonds. The molecule has 0 heterocycles. The molecular formula is C5H6O9S. The van der Waals surface area contributed by atoms with E-state index in [1.54, 1.807) is 0 Å². The molecule has 0 radical (unpaired) electrons. The molecule has 0 aromatic rings. The highest BCUT2D eigenvalue weighted by Crippen LogP contribution is 2.07. The molecule has 0 saturated carbocycles. The van der Waals surface area contributed by atoms with E-state index in [2.05, 4.69) is 4.74 Å². The van der Waals surface area contributed by atoms with Crippen LogP contribution in [-0.2, 0) is 24.4 Å². The van der Waals surface area contributed by atoms with Gasteiger partial charge in [-0.25, -0.2) is 9.59 Å². The molecule has 0 fully saturated rings. The van der Waals surface area contributed by atoms with E-state index in [0.29, 0.717) is 0 Å². The topological polar surface area (TPSA) is 155 Å². The Labute approximate surface area is 83.0 Å². The molecule has 0 aromatic heterocycles. The van der Waals surface area contributed by atoms with E-state index in [-0.39, 0.29) is 0 Å². The molecule has 3 N–H and O–H groups in total. The van der Waals surface area contributed by atoms with Crippen molar-refractivity contribution in [3.05, 3.63) is 0 Å². The van der Waals surface area contributed by atoms with Crippen LogP contribution in [0.2, 0.25) is 0 Å². The summed E-state index contributed by atoms with van der Waals surface area (Å²) in [7, 11) is -5.02. The van der Waals surface area contributed by atoms with Crippen LogP contribution in [0.25, 0.3) is 0 Å². The second kappa shape index (κ2) is 4.70. The molecule has 0 aliphatic carbocycles. The van der Waals surface area contributed by atoms with Gasteiger partial charge in [0.15, 0.2) is 5.25 Å². The molecular weight excluding hydrogens is 236 g/mol. The zero-order valence-electron chi connectivity index (χ0n) is 6.98. The van der Waals surface area contributed by atoms with Gasteiger partial charge in [0.1, 0.15) is 0 Å². The molecule has 86 valence electrons. The van der Waals surface area contributed by atoms with Gasteiger partial charge in [-0.1, -0.05) is 0 Å². The van der Waals surface area contributed by atoms with Crippen LogP contribution in [0.15, 0.2) is 0 Å². The minimum Gasteiger partial charge on any atom is -0.481 e. The molecule has 0 bridgehead atoms. The van der Waals surface area contributed by atoms with Crippen molar-refractivity contribution in [3.8, 4) is 0 Å². The fourth-order valence-corrected chi connectivity index (χ4v) is 1.27. The quantitative estimate of drug-likeness (QED) is 0.317. The van der Waals surface area contributed by atoms with E-state index in [0.717, 1.165) is 0 Å². The third kappa shape index (κ3) is 4.93. The van der Waals surface area contributed by atoms with E-state index in [4.69, 9.17) is 14.8 Å². The third-order valence-corrected chi connectivity index (χ3v) is 2.25. The number of carboxylic acid groups (broad SMARTS) is 2. The number of aliphatic carboxylic acids is 1. The maximum Gasteiger partial charge on any atom is 0.513 e. The van der Waals surface area contributed by atoms with Gasteiger partial charge >= 0.3 is 18.1 Å². The number of carboxylic acids is 1. The fraction of sp³-hybridized carbons (Fsp3) is 0.400. The first-order valence-electron chi connectivity index (χ1n) is 3.27. The highest BCUT2D eigenvalue weighted by Gasteiger charge is 2.36. The van der Waals surface area contributed by atoms with E-state index in [9.17, 15) is 22.8 Å². The minimum absolute atomic E-state index is 1.29. The van der Waals surface area contributed by atoms with Crippen LogP contribution in [0, 0.1) is 0 Å². The summed E-state index contributed by atoms with van der Waals surface area (Å²) in [6.45, 7) is 0. The third-order valence-electron chi connectivity index (χ3n) is 1.17. The van der Waals surface area contributed by atoms with Gasteiger partial charge < -0.3 is 14.9 Å². The Kier molecular flexibility index (Phi) is 4.18. The normalized spacial score (nSPS) is 12.9. The zero-order valence-corrected chi connectivity index (χ0v) is 7.80. The first kappa shape index (κ1) is 13.3. The Bertz CT molecular complexity index is 379. The maximum atomic E-state index is 10.7. The van der Waals surface area contributed by atoms with Crippen molar-refractivity contribution in [2.75, 3.05) is 0 Å². The Morgan fingerprint density at radius 1 is 1.20 bits per heavy atom. The summed E-state index contributed by atoms with van der Waals surface area (Å²) in [5, 5.41) is 13.7. The summed E-state index contributed by atoms with van der Waals surface area (Å²) in [5.74, 6) is -3.58. The minimum atomic E-state index is -5.02. The van der Waals surface area contributed by atoms with Crippen LogP contribution in [0.5, 0.6) is 0 Å². The van der Waals surface area contributed by atoms with Crippen molar-refractivity contribution < 1.29 is 42.3 Å². The molecule has 10 heteroatoms. The number of hydrogen-bond acceptors (Lipinski definition) is 6. The van der Waals surface area contributed by atoms with Gasteiger partial charge in [0, 0.05) is 0 Å². The van der Waals surface area contributed by atoms with Gasteiger partial charge in [0.05, 0.1) is 6.42 Å². The highest BCUT2D eigenvalue weighted by atomic mass is 32.2. The van der Waals surface area contributed by atoms with Crippen LogP contribution in [0.4, 0.5) is 4.79 Å². The van der Waals surface area contributed by atoms with E-state index >= 15 is 0 Å². The molecule has 0 spiro atoms. The lowest BCUT2D eigenvalue weighted by molar-refractivity contribution is -0.144. The van der Waals surface area contributed by atoms with Gasteiger partial charge in [-0.3, -0.25) is 9.35 Å². The highest BCUT2D eigenvalue weighted by molar-refractivity contribution is 7.87. The summed E-state index contributed by atoms with van der Waals surface area (Å²) in [6, 6.07) is 0.